The first-order valence-corrected chi connectivity index (χ1v) is 9.52. The molecule has 0 radical (unpaired) electrons. The fraction of sp³-hybridized carbons (Fsp3) is 0.391. The highest BCUT2D eigenvalue weighted by atomic mass is 15.1. The van der Waals surface area contributed by atoms with Crippen LogP contribution in [0.15, 0.2) is 59.6 Å². The SMILES string of the molecule is CC1(C)CC(N=C(N)/C=C\C(=N)c2ccc3ccccc3c2)CC(C)(C)N1. The molecule has 3 rings (SSSR count). The number of piperidine rings is 1. The van der Waals surface area contributed by atoms with Crippen molar-refractivity contribution in [3.63, 3.8) is 0 Å². The van der Waals surface area contributed by atoms with E-state index in [0.717, 1.165) is 23.8 Å². The molecular formula is C23H30N4. The van der Waals surface area contributed by atoms with Crippen molar-refractivity contribution in [1.29, 1.82) is 5.41 Å². The second-order valence-electron chi connectivity index (χ2n) is 8.82. The first-order chi connectivity index (χ1) is 12.6. The number of hydrogen-bond donors (Lipinski definition) is 3. The molecule has 1 heterocycles. The lowest BCUT2D eigenvalue weighted by Gasteiger charge is -2.45. The van der Waals surface area contributed by atoms with Gasteiger partial charge in [0.1, 0.15) is 5.84 Å². The molecule has 2 aromatic rings. The Morgan fingerprint density at radius 2 is 1.67 bits per heavy atom. The van der Waals surface area contributed by atoms with E-state index in [4.69, 9.17) is 16.1 Å². The van der Waals surface area contributed by atoms with Gasteiger partial charge in [0.25, 0.3) is 0 Å². The highest BCUT2D eigenvalue weighted by Gasteiger charge is 2.37. The van der Waals surface area contributed by atoms with Crippen LogP contribution in [-0.2, 0) is 0 Å². The highest BCUT2D eigenvalue weighted by molar-refractivity contribution is 6.11. The fourth-order valence-electron chi connectivity index (χ4n) is 4.24. The molecule has 0 spiro atoms. The molecule has 4 nitrogen and oxygen atoms in total. The largest absolute Gasteiger partial charge is 0.384 e. The monoisotopic (exact) mass is 362 g/mol. The number of rotatable bonds is 4. The number of amidine groups is 1. The average molecular weight is 363 g/mol. The van der Waals surface area contributed by atoms with Gasteiger partial charge in [0, 0.05) is 16.6 Å². The Morgan fingerprint density at radius 3 is 2.33 bits per heavy atom. The Kier molecular flexibility index (Phi) is 5.20. The third-order valence-electron chi connectivity index (χ3n) is 4.98. The topological polar surface area (TPSA) is 74.3 Å². The van der Waals surface area contributed by atoms with Gasteiger partial charge in [0.05, 0.1) is 11.8 Å². The van der Waals surface area contributed by atoms with Gasteiger partial charge < -0.3 is 16.5 Å². The zero-order chi connectivity index (χ0) is 19.7. The predicted molar refractivity (Wildman–Crippen MR) is 116 cm³/mol. The number of nitrogens with zero attached hydrogens (tertiary/aromatic N) is 1. The van der Waals surface area contributed by atoms with Gasteiger partial charge in [-0.3, -0.25) is 4.99 Å². The molecule has 0 atom stereocenters. The molecule has 1 aliphatic rings. The molecule has 27 heavy (non-hydrogen) atoms. The lowest BCUT2D eigenvalue weighted by Crippen LogP contribution is -2.59. The van der Waals surface area contributed by atoms with Crippen LogP contribution in [0.4, 0.5) is 0 Å². The second kappa shape index (κ2) is 7.28. The van der Waals surface area contributed by atoms with Crippen LogP contribution in [0.3, 0.4) is 0 Å². The minimum Gasteiger partial charge on any atom is -0.384 e. The molecule has 1 aliphatic heterocycles. The van der Waals surface area contributed by atoms with Gasteiger partial charge in [-0.2, -0.15) is 0 Å². The van der Waals surface area contributed by atoms with Gasteiger partial charge in [-0.25, -0.2) is 0 Å². The lowest BCUT2D eigenvalue weighted by molar-refractivity contribution is 0.164. The predicted octanol–water partition coefficient (Wildman–Crippen LogP) is 4.43. The van der Waals surface area contributed by atoms with Crippen LogP contribution in [-0.4, -0.2) is 28.7 Å². The first-order valence-electron chi connectivity index (χ1n) is 9.52. The highest BCUT2D eigenvalue weighted by Crippen LogP contribution is 2.30. The van der Waals surface area contributed by atoms with Crippen LogP contribution >= 0.6 is 0 Å². The van der Waals surface area contributed by atoms with E-state index in [0.29, 0.717) is 11.5 Å². The number of nitrogens with one attached hydrogen (secondary N) is 2. The van der Waals surface area contributed by atoms with Gasteiger partial charge in [0.2, 0.25) is 0 Å². The Morgan fingerprint density at radius 1 is 1.04 bits per heavy atom. The molecule has 0 saturated carbocycles. The number of hydrogen-bond acceptors (Lipinski definition) is 3. The van der Waals surface area contributed by atoms with Crippen molar-refractivity contribution in [2.45, 2.75) is 57.7 Å². The van der Waals surface area contributed by atoms with Gasteiger partial charge >= 0.3 is 0 Å². The minimum atomic E-state index is 0.0394. The van der Waals surface area contributed by atoms with Crippen molar-refractivity contribution in [1.82, 2.24) is 5.32 Å². The Labute approximate surface area is 162 Å². The van der Waals surface area contributed by atoms with E-state index in [-0.39, 0.29) is 17.1 Å². The zero-order valence-electron chi connectivity index (χ0n) is 16.7. The Bertz CT molecular complexity index is 889. The number of allylic oxidation sites excluding steroid dienone is 1. The third kappa shape index (κ3) is 5.04. The molecule has 0 amide bonds. The standard InChI is InChI=1S/C23H30N4/c1-22(2)14-19(15-23(3,4)27-22)26-21(25)12-11-20(24)18-10-9-16-7-5-6-8-17(16)13-18/h5-13,19,24,27H,14-15H2,1-4H3,(H2,25,26)/b12-11-,24-20?. The molecule has 0 unspecified atom stereocenters. The Balaban J connectivity index is 1.72. The molecule has 2 aromatic carbocycles. The minimum absolute atomic E-state index is 0.0394. The summed E-state index contributed by atoms with van der Waals surface area (Å²) in [5, 5.41) is 14.3. The van der Waals surface area contributed by atoms with Gasteiger partial charge in [-0.1, -0.05) is 36.4 Å². The molecule has 0 aliphatic carbocycles. The van der Waals surface area contributed by atoms with Crippen LogP contribution < -0.4 is 11.1 Å². The summed E-state index contributed by atoms with van der Waals surface area (Å²) in [7, 11) is 0. The molecule has 4 heteroatoms. The summed E-state index contributed by atoms with van der Waals surface area (Å²) in [6, 6.07) is 14.4. The molecule has 142 valence electrons. The fourth-order valence-corrected chi connectivity index (χ4v) is 4.24. The van der Waals surface area contributed by atoms with Crippen LogP contribution in [0, 0.1) is 5.41 Å². The van der Waals surface area contributed by atoms with E-state index in [1.54, 1.807) is 12.2 Å². The molecule has 1 saturated heterocycles. The summed E-state index contributed by atoms with van der Waals surface area (Å²) in [5.41, 5.74) is 7.54. The second-order valence-corrected chi connectivity index (χ2v) is 8.82. The normalized spacial score (nSPS) is 20.2. The maximum atomic E-state index is 8.34. The number of benzene rings is 2. The molecule has 0 bridgehead atoms. The first kappa shape index (κ1) is 19.3. The summed E-state index contributed by atoms with van der Waals surface area (Å²) in [4.78, 5) is 4.71. The van der Waals surface area contributed by atoms with Crippen LogP contribution in [0.1, 0.15) is 46.1 Å². The molecule has 4 N–H and O–H groups in total. The van der Waals surface area contributed by atoms with Crippen molar-refractivity contribution in [3.8, 4) is 0 Å². The quantitative estimate of drug-likeness (QED) is 0.556. The number of nitrogens with two attached hydrogens (primary N) is 1. The van der Waals surface area contributed by atoms with E-state index in [1.807, 2.05) is 30.3 Å². The maximum absolute atomic E-state index is 8.34. The molecule has 0 aromatic heterocycles. The van der Waals surface area contributed by atoms with E-state index >= 15 is 0 Å². The van der Waals surface area contributed by atoms with Gasteiger partial charge in [-0.15, -0.1) is 0 Å². The van der Waals surface area contributed by atoms with Crippen LogP contribution in [0.25, 0.3) is 10.8 Å². The summed E-state index contributed by atoms with van der Waals surface area (Å²) in [6.07, 6.45) is 5.39. The van der Waals surface area contributed by atoms with Crippen molar-refractivity contribution in [2.75, 3.05) is 0 Å². The van der Waals surface area contributed by atoms with Crippen molar-refractivity contribution in [3.05, 3.63) is 60.2 Å². The number of aliphatic imine (C=N–C) groups is 1. The summed E-state index contributed by atoms with van der Waals surface area (Å²) in [5.74, 6) is 0.485. The lowest BCUT2D eigenvalue weighted by atomic mass is 9.80. The van der Waals surface area contributed by atoms with Crippen LogP contribution in [0.2, 0.25) is 0 Å². The van der Waals surface area contributed by atoms with Crippen molar-refractivity contribution >= 4 is 22.3 Å². The third-order valence-corrected chi connectivity index (χ3v) is 4.98. The van der Waals surface area contributed by atoms with E-state index in [1.165, 1.54) is 5.39 Å². The van der Waals surface area contributed by atoms with Gasteiger partial charge in [-0.05, 0) is 69.5 Å². The van der Waals surface area contributed by atoms with Gasteiger partial charge in [0.15, 0.2) is 0 Å². The zero-order valence-corrected chi connectivity index (χ0v) is 16.7. The average Bonchev–Trinajstić information content (AvgIpc) is 2.56. The van der Waals surface area contributed by atoms with E-state index < -0.39 is 0 Å². The smallest absolute Gasteiger partial charge is 0.118 e. The van der Waals surface area contributed by atoms with Crippen LogP contribution in [0.5, 0.6) is 0 Å². The number of fused-ring (bicyclic) bond motifs is 1. The molecular weight excluding hydrogens is 332 g/mol. The van der Waals surface area contributed by atoms with E-state index in [2.05, 4.69) is 45.1 Å². The molecule has 1 fully saturated rings. The Hall–Kier alpha value is -2.46. The summed E-state index contributed by atoms with van der Waals surface area (Å²) in [6.45, 7) is 8.82. The summed E-state index contributed by atoms with van der Waals surface area (Å²) < 4.78 is 0. The van der Waals surface area contributed by atoms with Crippen molar-refractivity contribution < 1.29 is 0 Å². The van der Waals surface area contributed by atoms with E-state index in [9.17, 15) is 0 Å². The summed E-state index contributed by atoms with van der Waals surface area (Å²) >= 11 is 0. The van der Waals surface area contributed by atoms with Crippen molar-refractivity contribution in [2.24, 2.45) is 10.7 Å². The maximum Gasteiger partial charge on any atom is 0.118 e.